The van der Waals surface area contributed by atoms with Crippen LogP contribution in [0.25, 0.3) is 0 Å². The number of nitrogens with two attached hydrogens (primary N) is 2. The van der Waals surface area contributed by atoms with Crippen molar-refractivity contribution in [3.05, 3.63) is 11.9 Å². The summed E-state index contributed by atoms with van der Waals surface area (Å²) in [5, 5.41) is 1.26. The molecule has 6 heteroatoms. The number of carbonyl (C=O) groups excluding carboxylic acids is 2. The molecule has 180 valence electrons. The van der Waals surface area contributed by atoms with Crippen molar-refractivity contribution in [3.8, 4) is 0 Å². The van der Waals surface area contributed by atoms with Crippen molar-refractivity contribution in [1.29, 1.82) is 0 Å². The van der Waals surface area contributed by atoms with E-state index in [0.29, 0.717) is 5.92 Å². The summed E-state index contributed by atoms with van der Waals surface area (Å²) < 4.78 is 4.89. The van der Waals surface area contributed by atoms with Crippen LogP contribution in [-0.2, 0) is 14.3 Å². The van der Waals surface area contributed by atoms with Crippen molar-refractivity contribution in [1.82, 2.24) is 5.01 Å². The zero-order valence-corrected chi connectivity index (χ0v) is 20.2. The number of ketones is 1. The van der Waals surface area contributed by atoms with Gasteiger partial charge in [-0.05, 0) is 99.2 Å². The molecule has 0 bridgehead atoms. The fourth-order valence-electron chi connectivity index (χ4n) is 8.40. The second-order valence-corrected chi connectivity index (χ2v) is 11.5. The van der Waals surface area contributed by atoms with Gasteiger partial charge in [0.25, 0.3) is 0 Å². The number of ether oxygens (including phenoxy) is 1. The topological polar surface area (TPSA) is 98.7 Å². The molecule has 0 radical (unpaired) electrons. The van der Waals surface area contributed by atoms with Crippen LogP contribution in [0.3, 0.4) is 0 Å². The van der Waals surface area contributed by atoms with Gasteiger partial charge >= 0.3 is 5.97 Å². The molecular formula is C26H43N3O3. The Balaban J connectivity index is 1.41. The Bertz CT molecular complexity index is 753. The average molecular weight is 446 g/mol. The summed E-state index contributed by atoms with van der Waals surface area (Å²) in [6, 6.07) is 0. The summed E-state index contributed by atoms with van der Waals surface area (Å²) >= 11 is 0. The highest BCUT2D eigenvalue weighted by Crippen LogP contribution is 2.64. The van der Waals surface area contributed by atoms with E-state index in [-0.39, 0.29) is 36.0 Å². The lowest BCUT2D eigenvalue weighted by molar-refractivity contribution is -0.139. The second kappa shape index (κ2) is 9.36. The Labute approximate surface area is 193 Å². The van der Waals surface area contributed by atoms with Crippen LogP contribution < -0.4 is 11.6 Å². The summed E-state index contributed by atoms with van der Waals surface area (Å²) in [6.45, 7) is 6.87. The SMILES string of the molecule is CCOC(=O)/C(N)=C/N(N)CC(=O)C1CCC2C3CCC4CC(C)CCC4C3CCC12C. The van der Waals surface area contributed by atoms with Gasteiger partial charge in [0.1, 0.15) is 5.70 Å². The first-order valence-electron chi connectivity index (χ1n) is 12.9. The van der Waals surface area contributed by atoms with Crippen molar-refractivity contribution in [2.75, 3.05) is 13.2 Å². The Hall–Kier alpha value is -1.56. The van der Waals surface area contributed by atoms with E-state index in [0.717, 1.165) is 36.0 Å². The number of hydrogen-bond donors (Lipinski definition) is 2. The van der Waals surface area contributed by atoms with Crippen LogP contribution in [0.2, 0.25) is 0 Å². The Kier molecular flexibility index (Phi) is 6.90. The standard InChI is InChI=1S/C26H43N3O3/c1-4-32-25(31)23(27)14-29(28)15-24(30)22-10-9-21-20-8-6-17-13-16(2)5-7-18(17)19(20)11-12-26(21,22)3/h14,16-22H,4-13,15,27-28H2,1-3H3/b23-14-. The fourth-order valence-corrected chi connectivity index (χ4v) is 8.40. The van der Waals surface area contributed by atoms with E-state index in [4.69, 9.17) is 16.3 Å². The van der Waals surface area contributed by atoms with Gasteiger partial charge in [-0.15, -0.1) is 0 Å². The number of hydrazine groups is 1. The van der Waals surface area contributed by atoms with Crippen molar-refractivity contribution in [2.45, 2.75) is 78.6 Å². The first kappa shape index (κ1) is 23.6. The van der Waals surface area contributed by atoms with E-state index in [2.05, 4.69) is 13.8 Å². The minimum Gasteiger partial charge on any atom is -0.461 e. The maximum absolute atomic E-state index is 13.3. The monoisotopic (exact) mass is 445 g/mol. The van der Waals surface area contributed by atoms with Crippen LogP contribution in [0.1, 0.15) is 78.6 Å². The van der Waals surface area contributed by atoms with Gasteiger partial charge < -0.3 is 15.5 Å². The summed E-state index contributed by atoms with van der Waals surface area (Å²) in [6.07, 6.45) is 13.0. The molecule has 8 atom stereocenters. The van der Waals surface area contributed by atoms with Crippen LogP contribution in [0.15, 0.2) is 11.9 Å². The normalized spacial score (nSPS) is 41.2. The van der Waals surface area contributed by atoms with Crippen LogP contribution in [-0.4, -0.2) is 29.9 Å². The predicted molar refractivity (Wildman–Crippen MR) is 125 cm³/mol. The van der Waals surface area contributed by atoms with Crippen LogP contribution in [0.5, 0.6) is 0 Å². The highest BCUT2D eigenvalue weighted by molar-refractivity contribution is 5.87. The molecular weight excluding hydrogens is 402 g/mol. The van der Waals surface area contributed by atoms with Gasteiger partial charge in [-0.3, -0.25) is 4.79 Å². The van der Waals surface area contributed by atoms with E-state index in [9.17, 15) is 9.59 Å². The van der Waals surface area contributed by atoms with Crippen molar-refractivity contribution in [2.24, 2.45) is 58.4 Å². The third-order valence-corrected chi connectivity index (χ3v) is 9.76. The maximum atomic E-state index is 13.3. The second-order valence-electron chi connectivity index (χ2n) is 11.5. The van der Waals surface area contributed by atoms with Crippen molar-refractivity contribution >= 4 is 11.8 Å². The van der Waals surface area contributed by atoms with E-state index in [1.807, 2.05) is 0 Å². The molecule has 0 heterocycles. The summed E-state index contributed by atoms with van der Waals surface area (Å²) in [5.41, 5.74) is 5.77. The molecule has 0 aromatic carbocycles. The highest BCUT2D eigenvalue weighted by atomic mass is 16.5. The Morgan fingerprint density at radius 1 is 1.06 bits per heavy atom. The molecule has 6 nitrogen and oxygen atoms in total. The van der Waals surface area contributed by atoms with E-state index in [1.165, 1.54) is 62.6 Å². The van der Waals surface area contributed by atoms with Gasteiger partial charge in [-0.25, -0.2) is 10.6 Å². The number of fused-ring (bicyclic) bond motifs is 5. The first-order chi connectivity index (χ1) is 15.2. The molecule has 4 aliphatic carbocycles. The van der Waals surface area contributed by atoms with E-state index < -0.39 is 5.97 Å². The molecule has 0 amide bonds. The number of esters is 1. The van der Waals surface area contributed by atoms with E-state index in [1.54, 1.807) is 6.92 Å². The van der Waals surface area contributed by atoms with Gasteiger partial charge in [-0.2, -0.15) is 0 Å². The molecule has 0 spiro atoms. The molecule has 8 unspecified atom stereocenters. The first-order valence-corrected chi connectivity index (χ1v) is 12.9. The minimum absolute atomic E-state index is 0.0563. The van der Waals surface area contributed by atoms with Crippen LogP contribution in [0.4, 0.5) is 0 Å². The van der Waals surface area contributed by atoms with Crippen molar-refractivity contribution < 1.29 is 14.3 Å². The summed E-state index contributed by atoms with van der Waals surface area (Å²) in [4.78, 5) is 25.0. The lowest BCUT2D eigenvalue weighted by Gasteiger charge is -2.56. The van der Waals surface area contributed by atoms with Gasteiger partial charge in [0.05, 0.1) is 13.2 Å². The van der Waals surface area contributed by atoms with Gasteiger partial charge in [0.2, 0.25) is 0 Å². The molecule has 0 aromatic heterocycles. The largest absolute Gasteiger partial charge is 0.461 e. The lowest BCUT2D eigenvalue weighted by Crippen LogP contribution is -2.50. The number of hydrogen-bond acceptors (Lipinski definition) is 6. The maximum Gasteiger partial charge on any atom is 0.355 e. The molecule has 4 N–H and O–H groups in total. The third kappa shape index (κ3) is 4.32. The smallest absolute Gasteiger partial charge is 0.355 e. The molecule has 0 aliphatic heterocycles. The molecule has 0 saturated heterocycles. The van der Waals surface area contributed by atoms with Crippen LogP contribution >= 0.6 is 0 Å². The van der Waals surface area contributed by atoms with Crippen LogP contribution in [0, 0.1) is 46.8 Å². The third-order valence-electron chi connectivity index (χ3n) is 9.76. The number of nitrogens with zero attached hydrogens (tertiary/aromatic N) is 1. The Morgan fingerprint density at radius 2 is 1.81 bits per heavy atom. The number of rotatable bonds is 6. The van der Waals surface area contributed by atoms with E-state index >= 15 is 0 Å². The van der Waals surface area contributed by atoms with Gasteiger partial charge in [0, 0.05) is 12.1 Å². The van der Waals surface area contributed by atoms with Gasteiger partial charge in [0.15, 0.2) is 5.78 Å². The predicted octanol–water partition coefficient (Wildman–Crippen LogP) is 4.00. The zero-order valence-electron chi connectivity index (χ0n) is 20.2. The number of carbonyl (C=O) groups is 2. The molecule has 4 saturated carbocycles. The summed E-state index contributed by atoms with van der Waals surface area (Å²) in [7, 11) is 0. The minimum atomic E-state index is -0.602. The summed E-state index contributed by atoms with van der Waals surface area (Å²) in [5.74, 6) is 10.8. The van der Waals surface area contributed by atoms with Gasteiger partial charge in [-0.1, -0.05) is 20.3 Å². The number of Topliss-reactive ketones (excluding diaryl/α,β-unsaturated/α-hetero) is 1. The molecule has 4 fully saturated rings. The Morgan fingerprint density at radius 3 is 2.56 bits per heavy atom. The fraction of sp³-hybridized carbons (Fsp3) is 0.846. The lowest BCUT2D eigenvalue weighted by atomic mass is 9.49. The molecule has 0 aromatic rings. The van der Waals surface area contributed by atoms with Crippen molar-refractivity contribution in [3.63, 3.8) is 0 Å². The molecule has 4 aliphatic rings. The average Bonchev–Trinajstić information content (AvgIpc) is 3.10. The highest BCUT2D eigenvalue weighted by Gasteiger charge is 2.58. The molecule has 4 rings (SSSR count). The quantitative estimate of drug-likeness (QED) is 0.277. The molecule has 32 heavy (non-hydrogen) atoms. The zero-order chi connectivity index (χ0) is 23.0.